The standard InChI is InChI=1S/C20H23N5O2/c1-26-17-7-9-18(10-8-17)27-14-13-22-20-24-19(15-23-25-20)21-12-11-16-5-3-2-4-6-16/h2-10,15H,11-14H2,1H3,(H2,21,22,24,25). The van der Waals surface area contributed by atoms with Crippen LogP contribution in [-0.2, 0) is 6.42 Å². The van der Waals surface area contributed by atoms with Gasteiger partial charge in [0.05, 0.1) is 19.9 Å². The molecule has 27 heavy (non-hydrogen) atoms. The van der Waals surface area contributed by atoms with Crippen LogP contribution in [0.4, 0.5) is 11.8 Å². The topological polar surface area (TPSA) is 81.2 Å². The average Bonchev–Trinajstić information content (AvgIpc) is 2.73. The molecular formula is C20H23N5O2. The van der Waals surface area contributed by atoms with E-state index in [1.54, 1.807) is 13.3 Å². The van der Waals surface area contributed by atoms with Gasteiger partial charge in [-0.2, -0.15) is 10.1 Å². The van der Waals surface area contributed by atoms with Crippen molar-refractivity contribution in [1.82, 2.24) is 15.2 Å². The highest BCUT2D eigenvalue weighted by atomic mass is 16.5. The van der Waals surface area contributed by atoms with E-state index in [0.717, 1.165) is 24.5 Å². The first-order valence-electron chi connectivity index (χ1n) is 8.82. The molecule has 0 bridgehead atoms. The fourth-order valence-electron chi connectivity index (χ4n) is 2.45. The van der Waals surface area contributed by atoms with Crippen LogP contribution in [0.15, 0.2) is 60.8 Å². The van der Waals surface area contributed by atoms with Crippen LogP contribution in [0.3, 0.4) is 0 Å². The van der Waals surface area contributed by atoms with E-state index in [4.69, 9.17) is 9.47 Å². The number of hydrogen-bond donors (Lipinski definition) is 2. The number of ether oxygens (including phenoxy) is 2. The normalized spacial score (nSPS) is 10.3. The van der Waals surface area contributed by atoms with Gasteiger partial charge in [-0.25, -0.2) is 0 Å². The zero-order valence-corrected chi connectivity index (χ0v) is 15.3. The fraction of sp³-hybridized carbons (Fsp3) is 0.250. The molecule has 0 aliphatic carbocycles. The molecule has 2 N–H and O–H groups in total. The van der Waals surface area contributed by atoms with E-state index in [0.29, 0.717) is 24.9 Å². The van der Waals surface area contributed by atoms with Gasteiger partial charge in [0.25, 0.3) is 0 Å². The number of nitrogens with zero attached hydrogens (tertiary/aromatic N) is 3. The highest BCUT2D eigenvalue weighted by Crippen LogP contribution is 2.16. The fourth-order valence-corrected chi connectivity index (χ4v) is 2.45. The first-order chi connectivity index (χ1) is 13.3. The molecule has 0 amide bonds. The van der Waals surface area contributed by atoms with E-state index in [-0.39, 0.29) is 0 Å². The maximum absolute atomic E-state index is 5.66. The first kappa shape index (κ1) is 18.4. The summed E-state index contributed by atoms with van der Waals surface area (Å²) in [7, 11) is 1.64. The second-order valence-electron chi connectivity index (χ2n) is 5.78. The van der Waals surface area contributed by atoms with Crippen molar-refractivity contribution in [2.24, 2.45) is 0 Å². The second-order valence-corrected chi connectivity index (χ2v) is 5.78. The number of hydrogen-bond acceptors (Lipinski definition) is 7. The molecule has 2 aromatic carbocycles. The molecule has 0 radical (unpaired) electrons. The van der Waals surface area contributed by atoms with E-state index < -0.39 is 0 Å². The number of aromatic nitrogens is 3. The third-order valence-electron chi connectivity index (χ3n) is 3.83. The molecule has 0 fully saturated rings. The number of anilines is 2. The molecular weight excluding hydrogens is 342 g/mol. The van der Waals surface area contributed by atoms with Gasteiger partial charge >= 0.3 is 0 Å². The summed E-state index contributed by atoms with van der Waals surface area (Å²) in [4.78, 5) is 4.40. The number of benzene rings is 2. The van der Waals surface area contributed by atoms with Crippen LogP contribution in [-0.4, -0.2) is 42.0 Å². The Bertz CT molecular complexity index is 812. The zero-order valence-electron chi connectivity index (χ0n) is 15.3. The molecule has 0 atom stereocenters. The van der Waals surface area contributed by atoms with Crippen LogP contribution >= 0.6 is 0 Å². The molecule has 0 saturated heterocycles. The lowest BCUT2D eigenvalue weighted by Gasteiger charge is -2.09. The van der Waals surface area contributed by atoms with Crippen LogP contribution in [0.5, 0.6) is 11.5 Å². The average molecular weight is 365 g/mol. The third-order valence-corrected chi connectivity index (χ3v) is 3.83. The molecule has 0 spiro atoms. The molecule has 0 saturated carbocycles. The van der Waals surface area contributed by atoms with E-state index >= 15 is 0 Å². The van der Waals surface area contributed by atoms with Crippen LogP contribution < -0.4 is 20.1 Å². The van der Waals surface area contributed by atoms with Gasteiger partial charge in [0.15, 0.2) is 5.82 Å². The maximum atomic E-state index is 5.66. The summed E-state index contributed by atoms with van der Waals surface area (Å²) >= 11 is 0. The van der Waals surface area contributed by atoms with Gasteiger partial charge in [0.1, 0.15) is 18.1 Å². The van der Waals surface area contributed by atoms with Gasteiger partial charge in [-0.1, -0.05) is 30.3 Å². The van der Waals surface area contributed by atoms with Crippen molar-refractivity contribution in [3.63, 3.8) is 0 Å². The minimum atomic E-state index is 0.470. The summed E-state index contributed by atoms with van der Waals surface area (Å²) < 4.78 is 10.8. The Morgan fingerprint density at radius 1 is 0.889 bits per heavy atom. The van der Waals surface area contributed by atoms with Crippen molar-refractivity contribution in [2.75, 3.05) is 37.4 Å². The monoisotopic (exact) mass is 365 g/mol. The lowest BCUT2D eigenvalue weighted by atomic mass is 10.1. The number of rotatable bonds is 10. The Morgan fingerprint density at radius 3 is 2.44 bits per heavy atom. The van der Waals surface area contributed by atoms with Crippen molar-refractivity contribution < 1.29 is 9.47 Å². The van der Waals surface area contributed by atoms with E-state index in [9.17, 15) is 0 Å². The van der Waals surface area contributed by atoms with E-state index in [1.165, 1.54) is 5.56 Å². The zero-order chi connectivity index (χ0) is 18.7. The van der Waals surface area contributed by atoms with Crippen molar-refractivity contribution in [3.8, 4) is 11.5 Å². The van der Waals surface area contributed by atoms with Gasteiger partial charge in [-0.3, -0.25) is 0 Å². The summed E-state index contributed by atoms with van der Waals surface area (Å²) in [6.45, 7) is 1.84. The Morgan fingerprint density at radius 2 is 1.67 bits per heavy atom. The van der Waals surface area contributed by atoms with E-state index in [1.807, 2.05) is 42.5 Å². The van der Waals surface area contributed by atoms with Gasteiger partial charge in [-0.15, -0.1) is 5.10 Å². The molecule has 3 aromatic rings. The molecule has 140 valence electrons. The van der Waals surface area contributed by atoms with Crippen molar-refractivity contribution in [1.29, 1.82) is 0 Å². The molecule has 7 nitrogen and oxygen atoms in total. The summed E-state index contributed by atoms with van der Waals surface area (Å²) in [5.41, 5.74) is 1.28. The third kappa shape index (κ3) is 6.14. The Balaban J connectivity index is 1.39. The molecule has 3 rings (SSSR count). The quantitative estimate of drug-likeness (QED) is 0.535. The Labute approximate surface area is 158 Å². The first-order valence-corrected chi connectivity index (χ1v) is 8.82. The summed E-state index contributed by atoms with van der Waals surface area (Å²) in [6, 6.07) is 17.8. The minimum Gasteiger partial charge on any atom is -0.497 e. The van der Waals surface area contributed by atoms with E-state index in [2.05, 4.69) is 37.9 Å². The molecule has 0 aliphatic rings. The highest BCUT2D eigenvalue weighted by Gasteiger charge is 2.01. The Hall–Kier alpha value is -3.35. The van der Waals surface area contributed by atoms with Gasteiger partial charge in [0.2, 0.25) is 5.95 Å². The molecule has 0 aliphatic heterocycles. The predicted octanol–water partition coefficient (Wildman–Crippen LogP) is 3.03. The van der Waals surface area contributed by atoms with Crippen LogP contribution in [0.1, 0.15) is 5.56 Å². The Kier molecular flexibility index (Phi) is 6.80. The summed E-state index contributed by atoms with van der Waals surface area (Å²) in [5.74, 6) is 2.75. The summed E-state index contributed by atoms with van der Waals surface area (Å²) in [6.07, 6.45) is 2.54. The number of methoxy groups -OCH3 is 1. The van der Waals surface area contributed by atoms with Gasteiger partial charge < -0.3 is 20.1 Å². The molecule has 1 aromatic heterocycles. The van der Waals surface area contributed by atoms with Crippen LogP contribution in [0.2, 0.25) is 0 Å². The van der Waals surface area contributed by atoms with Crippen LogP contribution in [0, 0.1) is 0 Å². The van der Waals surface area contributed by atoms with Gasteiger partial charge in [0, 0.05) is 6.54 Å². The maximum Gasteiger partial charge on any atom is 0.244 e. The van der Waals surface area contributed by atoms with Crippen molar-refractivity contribution in [3.05, 3.63) is 66.4 Å². The lowest BCUT2D eigenvalue weighted by Crippen LogP contribution is -2.15. The minimum absolute atomic E-state index is 0.470. The predicted molar refractivity (Wildman–Crippen MR) is 105 cm³/mol. The van der Waals surface area contributed by atoms with Crippen LogP contribution in [0.25, 0.3) is 0 Å². The number of nitrogens with one attached hydrogen (secondary N) is 2. The largest absolute Gasteiger partial charge is 0.497 e. The highest BCUT2D eigenvalue weighted by molar-refractivity contribution is 5.37. The smallest absolute Gasteiger partial charge is 0.244 e. The SMILES string of the molecule is COc1ccc(OCCNc2nncc(NCCc3ccccc3)n2)cc1. The van der Waals surface area contributed by atoms with Crippen molar-refractivity contribution in [2.45, 2.75) is 6.42 Å². The second kappa shape index (κ2) is 9.96. The lowest BCUT2D eigenvalue weighted by molar-refractivity contribution is 0.331. The summed E-state index contributed by atoms with van der Waals surface area (Å²) in [5, 5.41) is 14.3. The van der Waals surface area contributed by atoms with Crippen molar-refractivity contribution >= 4 is 11.8 Å². The molecule has 7 heteroatoms. The molecule has 0 unspecified atom stereocenters. The van der Waals surface area contributed by atoms with Gasteiger partial charge in [-0.05, 0) is 36.2 Å². The molecule has 1 heterocycles.